The molecule has 2 aromatic rings. The van der Waals surface area contributed by atoms with Crippen LogP contribution in [0.5, 0.6) is 5.75 Å². The molecule has 2 saturated heterocycles. The van der Waals surface area contributed by atoms with Crippen molar-refractivity contribution in [3.8, 4) is 5.75 Å². The molecule has 0 spiro atoms. The van der Waals surface area contributed by atoms with Crippen LogP contribution >= 0.6 is 0 Å². The first kappa shape index (κ1) is 21.3. The quantitative estimate of drug-likeness (QED) is 0.716. The lowest BCUT2D eigenvalue weighted by Crippen LogP contribution is -2.51. The highest BCUT2D eigenvalue weighted by atomic mass is 16.5. The lowest BCUT2D eigenvalue weighted by atomic mass is 9.93. The van der Waals surface area contributed by atoms with Gasteiger partial charge in [0, 0.05) is 57.1 Å². The number of fused-ring (bicyclic) bond motifs is 1. The van der Waals surface area contributed by atoms with Crippen LogP contribution in [0.2, 0.25) is 0 Å². The number of hydrogen-bond acceptors (Lipinski definition) is 6. The molecule has 4 rings (SSSR count). The molecule has 166 valence electrons. The average molecular weight is 428 g/mol. The highest BCUT2D eigenvalue weighted by molar-refractivity contribution is 6.02. The third-order valence-electron chi connectivity index (χ3n) is 6.18. The highest BCUT2D eigenvalue weighted by Gasteiger charge is 2.31. The minimum atomic E-state index is -0.445. The van der Waals surface area contributed by atoms with Gasteiger partial charge in [-0.05, 0) is 32.4 Å². The number of benzene rings is 1. The number of piperidine rings is 1. The van der Waals surface area contributed by atoms with Gasteiger partial charge in [-0.15, -0.1) is 0 Å². The van der Waals surface area contributed by atoms with Crippen LogP contribution in [0.1, 0.15) is 38.3 Å². The summed E-state index contributed by atoms with van der Waals surface area (Å²) in [5.74, 6) is -0.427. The van der Waals surface area contributed by atoms with Gasteiger partial charge in [-0.25, -0.2) is 0 Å². The van der Waals surface area contributed by atoms with Gasteiger partial charge < -0.3 is 9.64 Å². The van der Waals surface area contributed by atoms with Crippen molar-refractivity contribution in [2.75, 3.05) is 32.8 Å². The third kappa shape index (κ3) is 4.41. The number of amides is 3. The molecule has 0 aliphatic carbocycles. The first-order valence-corrected chi connectivity index (χ1v) is 10.8. The van der Waals surface area contributed by atoms with Crippen molar-refractivity contribution in [2.45, 2.75) is 38.6 Å². The molecule has 0 radical (unpaired) electrons. The van der Waals surface area contributed by atoms with Crippen molar-refractivity contribution in [3.05, 3.63) is 23.9 Å². The molecular weight excluding hydrogens is 398 g/mol. The molecule has 9 nitrogen and oxygen atoms in total. The number of ether oxygens (including phenoxy) is 1. The molecule has 0 bridgehead atoms. The van der Waals surface area contributed by atoms with E-state index >= 15 is 0 Å². The van der Waals surface area contributed by atoms with Crippen molar-refractivity contribution in [1.82, 2.24) is 24.9 Å². The molecular formula is C22H29N5O4. The smallest absolute Gasteiger partial charge is 0.260 e. The number of aromatic nitrogens is 2. The van der Waals surface area contributed by atoms with Crippen LogP contribution in [0.4, 0.5) is 0 Å². The van der Waals surface area contributed by atoms with Gasteiger partial charge in [0.2, 0.25) is 11.8 Å². The number of carbonyl (C=O) groups excluding carboxylic acids is 3. The predicted octanol–water partition coefficient (Wildman–Crippen LogP) is 1.02. The summed E-state index contributed by atoms with van der Waals surface area (Å²) in [6.45, 7) is 7.53. The topological polar surface area (TPSA) is 96.8 Å². The Balaban J connectivity index is 1.42. The summed E-state index contributed by atoms with van der Waals surface area (Å²) in [5, 5.41) is 7.77. The Kier molecular flexibility index (Phi) is 5.95. The van der Waals surface area contributed by atoms with Crippen molar-refractivity contribution < 1.29 is 19.1 Å². The first-order valence-electron chi connectivity index (χ1n) is 10.8. The molecule has 1 atom stereocenters. The molecule has 1 N–H and O–H groups in total. The maximum absolute atomic E-state index is 12.5. The number of hydrogen-bond donors (Lipinski definition) is 1. The summed E-state index contributed by atoms with van der Waals surface area (Å²) in [6.07, 6.45) is 0.761. The Morgan fingerprint density at radius 1 is 1.23 bits per heavy atom. The molecule has 9 heteroatoms. The fourth-order valence-electron chi connectivity index (χ4n) is 4.29. The highest BCUT2D eigenvalue weighted by Crippen LogP contribution is 2.31. The SMILES string of the molecule is CC(C)N1CCN(C(=O)COc2ccc3c(C4CCC(=O)NC4=O)nn(C)c3c2)CC1. The molecule has 31 heavy (non-hydrogen) atoms. The standard InChI is InChI=1S/C22H29N5O4/c1-14(2)26-8-10-27(11-9-26)20(29)13-31-15-4-5-16-18(12-15)25(3)24-21(16)17-6-7-19(28)23-22(17)30/h4-5,12,14,17H,6-11,13H2,1-3H3,(H,23,28,30). The van der Waals surface area contributed by atoms with Crippen molar-refractivity contribution >= 4 is 28.6 Å². The number of nitrogens with zero attached hydrogens (tertiary/aromatic N) is 4. The van der Waals surface area contributed by atoms with Crippen LogP contribution in [0, 0.1) is 0 Å². The van der Waals surface area contributed by atoms with E-state index in [1.807, 2.05) is 17.0 Å². The number of carbonyl (C=O) groups is 3. The number of rotatable bonds is 5. The van der Waals surface area contributed by atoms with Crippen LogP contribution in [0.15, 0.2) is 18.2 Å². The number of imide groups is 1. The minimum Gasteiger partial charge on any atom is -0.484 e. The van der Waals surface area contributed by atoms with E-state index in [-0.39, 0.29) is 24.3 Å². The normalized spacial score (nSPS) is 20.4. The van der Waals surface area contributed by atoms with Crippen molar-refractivity contribution in [1.29, 1.82) is 0 Å². The number of aryl methyl sites for hydroxylation is 1. The van der Waals surface area contributed by atoms with Crippen LogP contribution in [0.25, 0.3) is 10.9 Å². The van der Waals surface area contributed by atoms with Gasteiger partial charge in [0.05, 0.1) is 17.1 Å². The Morgan fingerprint density at radius 3 is 2.65 bits per heavy atom. The van der Waals surface area contributed by atoms with Crippen LogP contribution in [-0.2, 0) is 21.4 Å². The zero-order chi connectivity index (χ0) is 22.1. The Morgan fingerprint density at radius 2 is 1.97 bits per heavy atom. The predicted molar refractivity (Wildman–Crippen MR) is 115 cm³/mol. The van der Waals surface area contributed by atoms with E-state index in [1.54, 1.807) is 17.8 Å². The molecule has 3 heterocycles. The maximum atomic E-state index is 12.5. The zero-order valence-corrected chi connectivity index (χ0v) is 18.3. The van der Waals surface area contributed by atoms with Crippen LogP contribution in [0.3, 0.4) is 0 Å². The molecule has 2 fully saturated rings. The first-order chi connectivity index (χ1) is 14.8. The molecule has 3 amide bonds. The minimum absolute atomic E-state index is 0.00889. The van der Waals surface area contributed by atoms with Crippen LogP contribution in [-0.4, -0.2) is 76.1 Å². The second kappa shape index (κ2) is 8.66. The van der Waals surface area contributed by atoms with Gasteiger partial charge in [-0.2, -0.15) is 5.10 Å². The summed E-state index contributed by atoms with van der Waals surface area (Å²) in [4.78, 5) is 40.5. The number of nitrogens with one attached hydrogen (secondary N) is 1. The second-order valence-corrected chi connectivity index (χ2v) is 8.49. The summed E-state index contributed by atoms with van der Waals surface area (Å²) >= 11 is 0. The number of piperazine rings is 1. The zero-order valence-electron chi connectivity index (χ0n) is 18.3. The fourth-order valence-corrected chi connectivity index (χ4v) is 4.29. The second-order valence-electron chi connectivity index (χ2n) is 8.49. The Bertz CT molecular complexity index is 1010. The summed E-state index contributed by atoms with van der Waals surface area (Å²) < 4.78 is 7.48. The Labute approximate surface area is 181 Å². The van der Waals surface area contributed by atoms with E-state index in [0.717, 1.165) is 37.1 Å². The summed E-state index contributed by atoms with van der Waals surface area (Å²) in [6, 6.07) is 5.98. The summed E-state index contributed by atoms with van der Waals surface area (Å²) in [5.41, 5.74) is 1.48. The molecule has 0 saturated carbocycles. The van der Waals surface area contributed by atoms with E-state index < -0.39 is 5.92 Å². The molecule has 1 aromatic heterocycles. The molecule has 2 aliphatic rings. The fraction of sp³-hybridized carbons (Fsp3) is 0.545. The van der Waals surface area contributed by atoms with Gasteiger partial charge in [-0.1, -0.05) is 0 Å². The molecule has 1 aromatic carbocycles. The maximum Gasteiger partial charge on any atom is 0.260 e. The largest absolute Gasteiger partial charge is 0.484 e. The van der Waals surface area contributed by atoms with Gasteiger partial charge in [0.25, 0.3) is 5.91 Å². The monoisotopic (exact) mass is 427 g/mol. The van der Waals surface area contributed by atoms with E-state index in [2.05, 4.69) is 29.2 Å². The average Bonchev–Trinajstić information content (AvgIpc) is 3.08. The van der Waals surface area contributed by atoms with Crippen molar-refractivity contribution in [2.24, 2.45) is 7.05 Å². The lowest BCUT2D eigenvalue weighted by Gasteiger charge is -2.36. The lowest BCUT2D eigenvalue weighted by molar-refractivity contribution is -0.136. The summed E-state index contributed by atoms with van der Waals surface area (Å²) in [7, 11) is 1.81. The van der Waals surface area contributed by atoms with Crippen molar-refractivity contribution in [3.63, 3.8) is 0 Å². The molecule has 1 unspecified atom stereocenters. The van der Waals surface area contributed by atoms with E-state index in [0.29, 0.717) is 30.3 Å². The van der Waals surface area contributed by atoms with E-state index in [1.165, 1.54) is 0 Å². The van der Waals surface area contributed by atoms with Gasteiger partial charge in [-0.3, -0.25) is 29.3 Å². The van der Waals surface area contributed by atoms with Gasteiger partial charge >= 0.3 is 0 Å². The van der Waals surface area contributed by atoms with E-state index in [9.17, 15) is 14.4 Å². The van der Waals surface area contributed by atoms with Gasteiger partial charge in [0.1, 0.15) is 5.75 Å². The van der Waals surface area contributed by atoms with Gasteiger partial charge in [0.15, 0.2) is 6.61 Å². The molecule has 2 aliphatic heterocycles. The van der Waals surface area contributed by atoms with E-state index in [4.69, 9.17) is 4.74 Å². The third-order valence-corrected chi connectivity index (χ3v) is 6.18. The van der Waals surface area contributed by atoms with Crippen LogP contribution < -0.4 is 10.1 Å². The Hall–Kier alpha value is -2.94.